The number of benzene rings is 1. The van der Waals surface area contributed by atoms with Crippen LogP contribution in [0.1, 0.15) is 33.3 Å². The summed E-state index contributed by atoms with van der Waals surface area (Å²) >= 11 is 0. The van der Waals surface area contributed by atoms with Crippen LogP contribution in [-0.2, 0) is 6.42 Å². The molecule has 5 heteroatoms. The molecule has 1 unspecified atom stereocenters. The number of hydrogen-bond acceptors (Lipinski definition) is 4. The van der Waals surface area contributed by atoms with Crippen LogP contribution in [0.4, 0.5) is 0 Å². The van der Waals surface area contributed by atoms with E-state index in [1.807, 2.05) is 23.1 Å². The zero-order valence-electron chi connectivity index (χ0n) is 11.4. The maximum Gasteiger partial charge on any atom is 0.259 e. The van der Waals surface area contributed by atoms with Crippen molar-refractivity contribution in [3.63, 3.8) is 0 Å². The normalized spacial score (nSPS) is 17.9. The predicted octanol–water partition coefficient (Wildman–Crippen LogP) is 1.68. The summed E-state index contributed by atoms with van der Waals surface area (Å²) in [6.07, 6.45) is 2.33. The molecule has 0 aliphatic carbocycles. The van der Waals surface area contributed by atoms with Crippen LogP contribution in [-0.4, -0.2) is 29.1 Å². The molecule has 0 spiro atoms. The highest BCUT2D eigenvalue weighted by molar-refractivity contribution is 5.95. The van der Waals surface area contributed by atoms with Gasteiger partial charge >= 0.3 is 0 Å². The molecule has 1 aliphatic heterocycles. The molecule has 1 amide bonds. The molecule has 20 heavy (non-hydrogen) atoms. The second-order valence-corrected chi connectivity index (χ2v) is 4.99. The summed E-state index contributed by atoms with van der Waals surface area (Å²) in [7, 11) is 0. The first-order valence-electron chi connectivity index (χ1n) is 6.72. The van der Waals surface area contributed by atoms with Gasteiger partial charge in [0.25, 0.3) is 5.91 Å². The Morgan fingerprint density at radius 3 is 3.00 bits per heavy atom. The summed E-state index contributed by atoms with van der Waals surface area (Å²) in [5.74, 6) is 0.485. The monoisotopic (exact) mass is 271 g/mol. The minimum absolute atomic E-state index is 0.0614. The molecule has 0 radical (unpaired) electrons. The van der Waals surface area contributed by atoms with Crippen molar-refractivity contribution in [3.05, 3.63) is 52.9 Å². The van der Waals surface area contributed by atoms with Crippen LogP contribution >= 0.6 is 0 Å². The number of hydrogen-bond donors (Lipinski definition) is 1. The molecule has 0 saturated carbocycles. The molecule has 0 bridgehead atoms. The Morgan fingerprint density at radius 2 is 2.30 bits per heavy atom. The molecule has 2 aromatic rings. The molecule has 3 rings (SSSR count). The molecular weight excluding hydrogens is 254 g/mol. The van der Waals surface area contributed by atoms with E-state index in [9.17, 15) is 4.79 Å². The van der Waals surface area contributed by atoms with E-state index >= 15 is 0 Å². The summed E-state index contributed by atoms with van der Waals surface area (Å²) < 4.78 is 4.99. The smallest absolute Gasteiger partial charge is 0.259 e. The van der Waals surface area contributed by atoms with E-state index in [1.54, 1.807) is 6.92 Å². The Bertz CT molecular complexity index is 636. The first-order valence-corrected chi connectivity index (χ1v) is 6.72. The van der Waals surface area contributed by atoms with Gasteiger partial charge in [-0.2, -0.15) is 0 Å². The topological polar surface area (TPSA) is 72.4 Å². The number of carbonyl (C=O) groups excluding carboxylic acids is 1. The minimum Gasteiger partial charge on any atom is -0.361 e. The zero-order chi connectivity index (χ0) is 14.1. The maximum atomic E-state index is 12.6. The largest absolute Gasteiger partial charge is 0.361 e. The molecule has 0 fully saturated rings. The van der Waals surface area contributed by atoms with Crippen molar-refractivity contribution in [1.29, 1.82) is 0 Å². The SMILES string of the molecule is Cc1oncc1C(=O)N1CCc2ccccc2C1CN. The summed E-state index contributed by atoms with van der Waals surface area (Å²) in [6, 6.07) is 8.08. The van der Waals surface area contributed by atoms with Gasteiger partial charge in [0.2, 0.25) is 0 Å². The van der Waals surface area contributed by atoms with Gasteiger partial charge in [-0.1, -0.05) is 29.4 Å². The van der Waals surface area contributed by atoms with E-state index in [4.69, 9.17) is 10.3 Å². The van der Waals surface area contributed by atoms with Crippen molar-refractivity contribution >= 4 is 5.91 Å². The van der Waals surface area contributed by atoms with Crippen LogP contribution in [0.5, 0.6) is 0 Å². The van der Waals surface area contributed by atoms with Crippen LogP contribution < -0.4 is 5.73 Å². The van der Waals surface area contributed by atoms with Crippen molar-refractivity contribution in [2.45, 2.75) is 19.4 Å². The highest BCUT2D eigenvalue weighted by Crippen LogP contribution is 2.30. The third-order valence-corrected chi connectivity index (χ3v) is 3.88. The second-order valence-electron chi connectivity index (χ2n) is 4.99. The third kappa shape index (κ3) is 2.00. The standard InChI is InChI=1S/C15H17N3O2/c1-10-13(9-17-20-10)15(19)18-7-6-11-4-2-3-5-12(11)14(18)8-16/h2-5,9,14H,6-8,16H2,1H3. The van der Waals surface area contributed by atoms with E-state index in [0.29, 0.717) is 24.4 Å². The van der Waals surface area contributed by atoms with E-state index in [2.05, 4.69) is 11.2 Å². The lowest BCUT2D eigenvalue weighted by Gasteiger charge is -2.36. The van der Waals surface area contributed by atoms with Crippen LogP contribution in [0.3, 0.4) is 0 Å². The average Bonchev–Trinajstić information content (AvgIpc) is 2.91. The molecule has 0 saturated heterocycles. The third-order valence-electron chi connectivity index (χ3n) is 3.88. The highest BCUT2D eigenvalue weighted by Gasteiger charge is 2.31. The van der Waals surface area contributed by atoms with Crippen molar-refractivity contribution in [2.75, 3.05) is 13.1 Å². The lowest BCUT2D eigenvalue weighted by atomic mass is 9.92. The Hall–Kier alpha value is -2.14. The fourth-order valence-electron chi connectivity index (χ4n) is 2.81. The molecule has 1 aliphatic rings. The number of nitrogens with two attached hydrogens (primary N) is 1. The lowest BCUT2D eigenvalue weighted by molar-refractivity contribution is 0.0666. The fourth-order valence-corrected chi connectivity index (χ4v) is 2.81. The lowest BCUT2D eigenvalue weighted by Crippen LogP contribution is -2.43. The van der Waals surface area contributed by atoms with Gasteiger partial charge in [-0.05, 0) is 24.5 Å². The number of carbonyl (C=O) groups is 1. The summed E-state index contributed by atoms with van der Waals surface area (Å²) in [4.78, 5) is 14.5. The van der Waals surface area contributed by atoms with Gasteiger partial charge in [0, 0.05) is 13.1 Å². The number of rotatable bonds is 2. The molecule has 2 N–H and O–H groups in total. The zero-order valence-corrected chi connectivity index (χ0v) is 11.4. The maximum absolute atomic E-state index is 12.6. The van der Waals surface area contributed by atoms with Crippen LogP contribution in [0, 0.1) is 6.92 Å². The van der Waals surface area contributed by atoms with Crippen molar-refractivity contribution in [1.82, 2.24) is 10.1 Å². The molecule has 2 heterocycles. The number of amides is 1. The highest BCUT2D eigenvalue weighted by atomic mass is 16.5. The van der Waals surface area contributed by atoms with Crippen LogP contribution in [0.15, 0.2) is 35.0 Å². The molecule has 1 atom stereocenters. The van der Waals surface area contributed by atoms with E-state index in [-0.39, 0.29) is 11.9 Å². The van der Waals surface area contributed by atoms with E-state index < -0.39 is 0 Å². The van der Waals surface area contributed by atoms with Crippen LogP contribution in [0.2, 0.25) is 0 Å². The van der Waals surface area contributed by atoms with Crippen molar-refractivity contribution in [2.24, 2.45) is 5.73 Å². The molecule has 104 valence electrons. The summed E-state index contributed by atoms with van der Waals surface area (Å²) in [5, 5.41) is 3.68. The Labute approximate surface area is 117 Å². The average molecular weight is 271 g/mol. The molecule has 5 nitrogen and oxygen atoms in total. The van der Waals surface area contributed by atoms with Gasteiger partial charge in [-0.15, -0.1) is 0 Å². The molecule has 1 aromatic heterocycles. The quantitative estimate of drug-likeness (QED) is 0.902. The summed E-state index contributed by atoms with van der Waals surface area (Å²) in [5.41, 5.74) is 8.84. The van der Waals surface area contributed by atoms with Gasteiger partial charge in [0.05, 0.1) is 12.2 Å². The first-order chi connectivity index (χ1) is 9.72. The molecular formula is C15H17N3O2. The minimum atomic E-state index is -0.0817. The van der Waals surface area contributed by atoms with E-state index in [0.717, 1.165) is 12.0 Å². The predicted molar refractivity (Wildman–Crippen MR) is 74.2 cm³/mol. The van der Waals surface area contributed by atoms with Crippen LogP contribution in [0.25, 0.3) is 0 Å². The van der Waals surface area contributed by atoms with Gasteiger partial charge in [-0.25, -0.2) is 0 Å². The Morgan fingerprint density at radius 1 is 1.50 bits per heavy atom. The second kappa shape index (κ2) is 5.09. The number of nitrogens with zero attached hydrogens (tertiary/aromatic N) is 2. The Kier molecular flexibility index (Phi) is 3.28. The van der Waals surface area contributed by atoms with Crippen molar-refractivity contribution in [3.8, 4) is 0 Å². The van der Waals surface area contributed by atoms with Gasteiger partial charge in [0.15, 0.2) is 0 Å². The Balaban J connectivity index is 1.96. The first kappa shape index (κ1) is 12.9. The molecule has 1 aromatic carbocycles. The van der Waals surface area contributed by atoms with Gasteiger partial charge in [0.1, 0.15) is 11.3 Å². The van der Waals surface area contributed by atoms with Gasteiger partial charge < -0.3 is 15.2 Å². The number of fused-ring (bicyclic) bond motifs is 1. The van der Waals surface area contributed by atoms with Gasteiger partial charge in [-0.3, -0.25) is 4.79 Å². The number of aromatic nitrogens is 1. The van der Waals surface area contributed by atoms with E-state index in [1.165, 1.54) is 11.8 Å². The number of aryl methyl sites for hydroxylation is 1. The van der Waals surface area contributed by atoms with Crippen molar-refractivity contribution < 1.29 is 9.32 Å². The fraction of sp³-hybridized carbons (Fsp3) is 0.333. The summed E-state index contributed by atoms with van der Waals surface area (Å²) in [6.45, 7) is 2.82.